The van der Waals surface area contributed by atoms with E-state index in [2.05, 4.69) is 13.8 Å². The minimum atomic E-state index is -0.944. The Morgan fingerprint density at radius 2 is 1.94 bits per heavy atom. The summed E-state index contributed by atoms with van der Waals surface area (Å²) in [6, 6.07) is 6.75. The van der Waals surface area contributed by atoms with Gasteiger partial charge in [-0.1, -0.05) is 38.8 Å². The van der Waals surface area contributed by atoms with E-state index in [1.165, 1.54) is 0 Å². The molecule has 0 amide bonds. The van der Waals surface area contributed by atoms with Crippen LogP contribution < -0.4 is 4.74 Å². The second kappa shape index (κ2) is 6.16. The van der Waals surface area contributed by atoms with E-state index in [-0.39, 0.29) is 5.56 Å². The lowest BCUT2D eigenvalue weighted by Crippen LogP contribution is -2.12. The maximum absolute atomic E-state index is 10.9. The highest BCUT2D eigenvalue weighted by Gasteiger charge is 2.11. The Balaban J connectivity index is 2.69. The molecule has 88 valence electrons. The first kappa shape index (κ1) is 12.6. The lowest BCUT2D eigenvalue weighted by molar-refractivity contribution is 0.0691. The first-order valence-electron chi connectivity index (χ1n) is 5.64. The predicted molar refractivity (Wildman–Crippen MR) is 63.0 cm³/mol. The SMILES string of the molecule is CCC(CC)COc1ccccc1C(=O)O. The van der Waals surface area contributed by atoms with Gasteiger partial charge in [-0.3, -0.25) is 0 Å². The van der Waals surface area contributed by atoms with E-state index < -0.39 is 5.97 Å². The molecule has 0 aliphatic rings. The quantitative estimate of drug-likeness (QED) is 0.804. The van der Waals surface area contributed by atoms with Crippen LogP contribution in [0.3, 0.4) is 0 Å². The van der Waals surface area contributed by atoms with Crippen LogP contribution in [0, 0.1) is 5.92 Å². The third kappa shape index (κ3) is 3.26. The Hall–Kier alpha value is -1.51. The summed E-state index contributed by atoms with van der Waals surface area (Å²) in [7, 11) is 0. The molecule has 0 saturated heterocycles. The zero-order valence-corrected chi connectivity index (χ0v) is 9.77. The number of para-hydroxylation sites is 1. The molecule has 0 atom stereocenters. The van der Waals surface area contributed by atoms with Gasteiger partial charge in [0, 0.05) is 0 Å². The molecule has 1 N–H and O–H groups in total. The molecule has 1 aromatic carbocycles. The molecular formula is C13H18O3. The summed E-state index contributed by atoms with van der Waals surface area (Å²) >= 11 is 0. The number of rotatable bonds is 6. The lowest BCUT2D eigenvalue weighted by Gasteiger charge is -2.14. The summed E-state index contributed by atoms with van der Waals surface area (Å²) in [6.07, 6.45) is 2.09. The topological polar surface area (TPSA) is 46.5 Å². The van der Waals surface area contributed by atoms with Crippen molar-refractivity contribution in [1.29, 1.82) is 0 Å². The van der Waals surface area contributed by atoms with E-state index >= 15 is 0 Å². The van der Waals surface area contributed by atoms with E-state index in [1.807, 2.05) is 0 Å². The van der Waals surface area contributed by atoms with Crippen molar-refractivity contribution in [3.05, 3.63) is 29.8 Å². The van der Waals surface area contributed by atoms with Crippen LogP contribution in [0.1, 0.15) is 37.0 Å². The number of carbonyl (C=O) groups is 1. The van der Waals surface area contributed by atoms with Crippen LogP contribution in [0.2, 0.25) is 0 Å². The van der Waals surface area contributed by atoms with E-state index in [4.69, 9.17) is 9.84 Å². The van der Waals surface area contributed by atoms with Gasteiger partial charge in [0.2, 0.25) is 0 Å². The summed E-state index contributed by atoms with van der Waals surface area (Å²) in [6.45, 7) is 4.80. The van der Waals surface area contributed by atoms with Gasteiger partial charge in [-0.15, -0.1) is 0 Å². The van der Waals surface area contributed by atoms with Crippen molar-refractivity contribution < 1.29 is 14.6 Å². The van der Waals surface area contributed by atoms with Gasteiger partial charge >= 0.3 is 5.97 Å². The van der Waals surface area contributed by atoms with Crippen LogP contribution in [0.5, 0.6) is 5.75 Å². The Labute approximate surface area is 96.1 Å². The molecule has 3 nitrogen and oxygen atoms in total. The van der Waals surface area contributed by atoms with E-state index in [1.54, 1.807) is 24.3 Å². The van der Waals surface area contributed by atoms with Gasteiger partial charge in [-0.2, -0.15) is 0 Å². The molecule has 0 radical (unpaired) electrons. The maximum atomic E-state index is 10.9. The van der Waals surface area contributed by atoms with Crippen molar-refractivity contribution >= 4 is 5.97 Å². The van der Waals surface area contributed by atoms with Crippen molar-refractivity contribution in [2.45, 2.75) is 26.7 Å². The van der Waals surface area contributed by atoms with Crippen molar-refractivity contribution in [2.24, 2.45) is 5.92 Å². The minimum Gasteiger partial charge on any atom is -0.492 e. The molecule has 0 heterocycles. The first-order valence-corrected chi connectivity index (χ1v) is 5.64. The molecule has 0 bridgehead atoms. The smallest absolute Gasteiger partial charge is 0.339 e. The average molecular weight is 222 g/mol. The van der Waals surface area contributed by atoms with Crippen LogP contribution in [-0.4, -0.2) is 17.7 Å². The Kier molecular flexibility index (Phi) is 4.83. The zero-order chi connectivity index (χ0) is 12.0. The fraction of sp³-hybridized carbons (Fsp3) is 0.462. The normalized spacial score (nSPS) is 10.4. The fourth-order valence-electron chi connectivity index (χ4n) is 1.50. The molecule has 16 heavy (non-hydrogen) atoms. The fourth-order valence-corrected chi connectivity index (χ4v) is 1.50. The number of hydrogen-bond acceptors (Lipinski definition) is 2. The molecule has 1 aromatic rings. The van der Waals surface area contributed by atoms with E-state index in [0.717, 1.165) is 12.8 Å². The largest absolute Gasteiger partial charge is 0.492 e. The molecule has 0 aliphatic heterocycles. The highest BCUT2D eigenvalue weighted by molar-refractivity contribution is 5.90. The van der Waals surface area contributed by atoms with E-state index in [0.29, 0.717) is 18.3 Å². The van der Waals surface area contributed by atoms with Crippen LogP contribution >= 0.6 is 0 Å². The van der Waals surface area contributed by atoms with Crippen LogP contribution in [0.25, 0.3) is 0 Å². The highest BCUT2D eigenvalue weighted by Crippen LogP contribution is 2.19. The molecule has 0 saturated carbocycles. The summed E-state index contributed by atoms with van der Waals surface area (Å²) in [5.74, 6) is 0.00361. The molecule has 0 fully saturated rings. The minimum absolute atomic E-state index is 0.230. The van der Waals surface area contributed by atoms with Crippen molar-refractivity contribution in [3.63, 3.8) is 0 Å². The second-order valence-electron chi connectivity index (χ2n) is 3.79. The van der Waals surface area contributed by atoms with Gasteiger partial charge in [-0.05, 0) is 18.1 Å². The Morgan fingerprint density at radius 1 is 1.31 bits per heavy atom. The van der Waals surface area contributed by atoms with Crippen LogP contribution in [0.15, 0.2) is 24.3 Å². The van der Waals surface area contributed by atoms with Crippen molar-refractivity contribution in [1.82, 2.24) is 0 Å². The average Bonchev–Trinajstić information content (AvgIpc) is 2.30. The molecular weight excluding hydrogens is 204 g/mol. The van der Waals surface area contributed by atoms with Gasteiger partial charge < -0.3 is 9.84 Å². The van der Waals surface area contributed by atoms with Gasteiger partial charge in [0.1, 0.15) is 11.3 Å². The highest BCUT2D eigenvalue weighted by atomic mass is 16.5. The van der Waals surface area contributed by atoms with Crippen LogP contribution in [0.4, 0.5) is 0 Å². The standard InChI is InChI=1S/C13H18O3/c1-3-10(4-2)9-16-12-8-6-5-7-11(12)13(14)15/h5-8,10H,3-4,9H2,1-2H3,(H,14,15). The molecule has 0 aliphatic carbocycles. The predicted octanol–water partition coefficient (Wildman–Crippen LogP) is 3.20. The summed E-state index contributed by atoms with van der Waals surface area (Å²) in [4.78, 5) is 10.9. The number of aromatic carboxylic acids is 1. The number of hydrogen-bond donors (Lipinski definition) is 1. The number of ether oxygens (including phenoxy) is 1. The Morgan fingerprint density at radius 3 is 2.50 bits per heavy atom. The zero-order valence-electron chi connectivity index (χ0n) is 9.77. The summed E-state index contributed by atoms with van der Waals surface area (Å²) in [5.41, 5.74) is 0.230. The molecule has 0 aromatic heterocycles. The van der Waals surface area contributed by atoms with Crippen LogP contribution in [-0.2, 0) is 0 Å². The molecule has 3 heteroatoms. The van der Waals surface area contributed by atoms with Crippen molar-refractivity contribution in [3.8, 4) is 5.75 Å². The third-order valence-electron chi connectivity index (χ3n) is 2.75. The Bertz CT molecular complexity index is 343. The van der Waals surface area contributed by atoms with Gasteiger partial charge in [-0.25, -0.2) is 4.79 Å². The van der Waals surface area contributed by atoms with Gasteiger partial charge in [0.15, 0.2) is 0 Å². The molecule has 1 rings (SSSR count). The summed E-state index contributed by atoms with van der Waals surface area (Å²) < 4.78 is 5.56. The van der Waals surface area contributed by atoms with Crippen molar-refractivity contribution in [2.75, 3.05) is 6.61 Å². The summed E-state index contributed by atoms with van der Waals surface area (Å²) in [5, 5.41) is 8.97. The number of benzene rings is 1. The number of carboxylic acid groups (broad SMARTS) is 1. The van der Waals surface area contributed by atoms with E-state index in [9.17, 15) is 4.79 Å². The maximum Gasteiger partial charge on any atom is 0.339 e. The third-order valence-corrected chi connectivity index (χ3v) is 2.75. The monoisotopic (exact) mass is 222 g/mol. The molecule has 0 spiro atoms. The molecule has 0 unspecified atom stereocenters. The van der Waals surface area contributed by atoms with Gasteiger partial charge in [0.05, 0.1) is 6.61 Å². The lowest BCUT2D eigenvalue weighted by atomic mass is 10.1. The van der Waals surface area contributed by atoms with Gasteiger partial charge in [0.25, 0.3) is 0 Å². The second-order valence-corrected chi connectivity index (χ2v) is 3.79. The number of carboxylic acids is 1. The first-order chi connectivity index (χ1) is 7.69.